The number of benzene rings is 5. The zero-order chi connectivity index (χ0) is 69.6. The lowest BCUT2D eigenvalue weighted by Gasteiger charge is -2.14. The quantitative estimate of drug-likeness (QED) is 0.0283. The van der Waals surface area contributed by atoms with Gasteiger partial charge in [0.15, 0.2) is 0 Å². The summed E-state index contributed by atoms with van der Waals surface area (Å²) in [6.07, 6.45) is 0. The molecule has 0 amide bonds. The molecule has 5 aromatic heterocycles. The lowest BCUT2D eigenvalue weighted by molar-refractivity contribution is 0.202. The Labute approximate surface area is 554 Å². The Morgan fingerprint density at radius 3 is 0.947 bits per heavy atom. The lowest BCUT2D eigenvalue weighted by Crippen LogP contribution is -2.19. The number of aryl methyl sites for hydroxylation is 8. The second kappa shape index (κ2) is 33.6. The fraction of sp³-hybridized carbons (Fsp3) is 0.444. The molecule has 5 aromatic carbocycles. The van der Waals surface area contributed by atoms with Crippen LogP contribution in [-0.2, 0) is 27.2 Å². The van der Waals surface area contributed by atoms with Gasteiger partial charge < -0.3 is 111 Å². The van der Waals surface area contributed by atoms with Gasteiger partial charge in [-0.1, -0.05) is 0 Å². The monoisotopic (exact) mass is 1300 g/mol. The second-order valence-corrected chi connectivity index (χ2v) is 24.6. The molecular weight excluding hydrogens is 1190 g/mol. The number of aromatic amines is 1. The van der Waals surface area contributed by atoms with Gasteiger partial charge in [0.2, 0.25) is 0 Å². The molecule has 0 aliphatic heterocycles. The molecule has 22 heteroatoms. The molecule has 0 radical (unpaired) electrons. The number of nitrogens with zero attached hydrogens (tertiary/aromatic N) is 7. The van der Waals surface area contributed by atoms with Crippen molar-refractivity contribution in [3.8, 4) is 28.7 Å². The number of aliphatic hydroxyl groups excluding tert-OH is 4. The number of nitrogen functional groups attached to an aromatic ring is 5. The Kier molecular flexibility index (Phi) is 26.6. The maximum absolute atomic E-state index is 9.32. The molecule has 22 nitrogen and oxygen atoms in total. The van der Waals surface area contributed by atoms with E-state index in [1.54, 1.807) is 6.07 Å². The summed E-state index contributed by atoms with van der Waals surface area (Å²) in [5.41, 5.74) is 50.7. The van der Waals surface area contributed by atoms with Crippen molar-refractivity contribution in [3.05, 3.63) is 117 Å². The highest BCUT2D eigenvalue weighted by atomic mass is 16.5. The summed E-state index contributed by atoms with van der Waals surface area (Å²) in [7, 11) is 16.2. The molecule has 514 valence electrons. The molecule has 10 aromatic rings. The van der Waals surface area contributed by atoms with E-state index in [1.165, 1.54) is 28.1 Å². The Bertz CT molecular complexity index is 4170. The fourth-order valence-electron chi connectivity index (χ4n) is 11.7. The zero-order valence-electron chi connectivity index (χ0n) is 59.0. The molecule has 0 bridgehead atoms. The van der Waals surface area contributed by atoms with Gasteiger partial charge in [0, 0.05) is 131 Å². The molecule has 0 aliphatic rings. The topological polar surface area (TPSA) is 302 Å². The van der Waals surface area contributed by atoms with Gasteiger partial charge in [0.05, 0.1) is 54.0 Å². The number of likely N-dealkylation sites (N-methyl/N-ethyl adjacent to an activating group) is 3. The van der Waals surface area contributed by atoms with Crippen LogP contribution >= 0.6 is 0 Å². The predicted molar refractivity (Wildman–Crippen MR) is 389 cm³/mol. The Morgan fingerprint density at radius 2 is 0.628 bits per heavy atom. The third-order valence-electron chi connectivity index (χ3n) is 17.6. The van der Waals surface area contributed by atoms with E-state index >= 15 is 0 Å². The number of H-pyrrole nitrogens is 1. The maximum Gasteiger partial charge on any atom is 0.143 e. The van der Waals surface area contributed by atoms with E-state index in [9.17, 15) is 10.2 Å². The summed E-state index contributed by atoms with van der Waals surface area (Å²) in [6, 6.07) is 18.9. The third kappa shape index (κ3) is 16.7. The number of fused-ring (bicyclic) bond motifs is 5. The van der Waals surface area contributed by atoms with E-state index in [-0.39, 0.29) is 33.0 Å². The molecular formula is C72H107N13O9. The van der Waals surface area contributed by atoms with Gasteiger partial charge in [-0.05, 0) is 200 Å². The number of aliphatic hydroxyl groups is 4. The normalized spacial score (nSPS) is 11.3. The second-order valence-electron chi connectivity index (χ2n) is 24.6. The van der Waals surface area contributed by atoms with Gasteiger partial charge in [-0.25, -0.2) is 0 Å². The van der Waals surface area contributed by atoms with Gasteiger partial charge in [0.25, 0.3) is 0 Å². The molecule has 0 spiro atoms. The molecule has 10 rings (SSSR count). The fourth-order valence-corrected chi connectivity index (χ4v) is 11.7. The molecule has 5 heterocycles. The highest BCUT2D eigenvalue weighted by molar-refractivity contribution is 6.02. The minimum atomic E-state index is -0.0372. The average Bonchev–Trinajstić information content (AvgIpc) is 1.64. The summed E-state index contributed by atoms with van der Waals surface area (Å²) in [6.45, 7) is 26.9. The van der Waals surface area contributed by atoms with Gasteiger partial charge in [0.1, 0.15) is 61.8 Å². The SMILES string of the molecule is Cc1[nH]c2c(OCCN(C)C)ccc(N)c2c1C.Cc1c(C)n(C)c2c(OCCN(C)C)ccc(N)c12.Cc1c(C)n(C)c2c(OCCO)ccc(N)c12.Cc1c(C)n(CCO)c2c(OCCN(C)C)ccc(N)c12.Cc1c(C)n(CCO)c2c(OCCO)ccc(N)c12. The molecule has 94 heavy (non-hydrogen) atoms. The van der Waals surface area contributed by atoms with Crippen LogP contribution in [0.3, 0.4) is 0 Å². The third-order valence-corrected chi connectivity index (χ3v) is 17.6. The molecule has 0 atom stereocenters. The van der Waals surface area contributed by atoms with Crippen LogP contribution in [0.2, 0.25) is 0 Å². The van der Waals surface area contributed by atoms with Crippen LogP contribution in [0, 0.1) is 69.2 Å². The Hall–Kier alpha value is -8.48. The summed E-state index contributed by atoms with van der Waals surface area (Å²) in [4.78, 5) is 9.64. The first-order valence-corrected chi connectivity index (χ1v) is 31.9. The molecule has 0 fully saturated rings. The largest absolute Gasteiger partial charge is 0.490 e. The van der Waals surface area contributed by atoms with Crippen molar-refractivity contribution in [3.63, 3.8) is 0 Å². The van der Waals surface area contributed by atoms with Crippen molar-refractivity contribution in [1.29, 1.82) is 0 Å². The number of hydrogen-bond acceptors (Lipinski definition) is 17. The average molecular weight is 1300 g/mol. The van der Waals surface area contributed by atoms with Crippen LogP contribution in [0.1, 0.15) is 56.3 Å². The van der Waals surface area contributed by atoms with Crippen LogP contribution in [0.15, 0.2) is 60.7 Å². The van der Waals surface area contributed by atoms with Crippen molar-refractivity contribution in [1.82, 2.24) is 38.0 Å². The molecule has 0 unspecified atom stereocenters. The van der Waals surface area contributed by atoms with Crippen LogP contribution in [0.5, 0.6) is 28.7 Å². The van der Waals surface area contributed by atoms with Crippen LogP contribution in [-0.4, -0.2) is 180 Å². The highest BCUT2D eigenvalue weighted by Crippen LogP contribution is 2.40. The number of nitrogens with two attached hydrogens (primary N) is 5. The first kappa shape index (κ1) is 74.6. The molecule has 0 saturated heterocycles. The van der Waals surface area contributed by atoms with Gasteiger partial charge >= 0.3 is 0 Å². The van der Waals surface area contributed by atoms with Crippen LogP contribution in [0.25, 0.3) is 54.5 Å². The minimum absolute atomic E-state index is 0.00819. The lowest BCUT2D eigenvalue weighted by atomic mass is 10.1. The zero-order valence-corrected chi connectivity index (χ0v) is 59.0. The number of nitrogens with one attached hydrogen (secondary N) is 1. The minimum Gasteiger partial charge on any atom is -0.490 e. The summed E-state index contributed by atoms with van der Waals surface area (Å²) < 4.78 is 37.1. The highest BCUT2D eigenvalue weighted by Gasteiger charge is 2.21. The van der Waals surface area contributed by atoms with Crippen molar-refractivity contribution in [2.24, 2.45) is 14.1 Å². The first-order valence-electron chi connectivity index (χ1n) is 31.9. The summed E-state index contributed by atoms with van der Waals surface area (Å²) in [5, 5.41) is 41.5. The van der Waals surface area contributed by atoms with Gasteiger partial charge in [-0.2, -0.15) is 0 Å². The van der Waals surface area contributed by atoms with E-state index in [0.29, 0.717) is 51.0 Å². The first-order chi connectivity index (χ1) is 44.6. The maximum atomic E-state index is 9.32. The van der Waals surface area contributed by atoms with Gasteiger partial charge in [-0.15, -0.1) is 0 Å². The number of hydrogen-bond donors (Lipinski definition) is 10. The van der Waals surface area contributed by atoms with E-state index < -0.39 is 0 Å². The van der Waals surface area contributed by atoms with Crippen molar-refractivity contribution < 1.29 is 44.1 Å². The van der Waals surface area contributed by atoms with Crippen molar-refractivity contribution >= 4 is 83.0 Å². The standard InChI is InChI=1S/C16H25N3O2.C15H23N3O.C14H21N3O.C14H20N2O3.C13H18N2O2/c1-11-12(2)19(7-9-20)16-14(21-10-8-18(3)4)6-5-13(17)15(11)16;1-10-11(2)18(5)15-13(19-9-8-17(3)4)7-6-12(16)14(10)15;1-9-10(2)16-14-12(18-8-7-17(3)4)6-5-11(15)13(9)14;1-9-10(2)16(5-6-17)14-12(19-8-7-18)4-3-11(15)13(9)14;1-8-9(2)15(3)13-11(17-7-6-16)5-4-10(14)12(8)13/h5-6,20H,7-10,17H2,1-4H3;6-7H,8-9,16H2,1-5H3;5-6,16H,7-8,15H2,1-4H3;3-4,17-18H,5-8,15H2,1-2H3;4-5,16H,6-7,14H2,1-3H3. The van der Waals surface area contributed by atoms with E-state index in [0.717, 1.165) is 148 Å². The number of rotatable bonds is 22. The summed E-state index contributed by atoms with van der Waals surface area (Å²) in [5.74, 6) is 4.05. The smallest absolute Gasteiger partial charge is 0.143 e. The van der Waals surface area contributed by atoms with Gasteiger partial charge in [-0.3, -0.25) is 0 Å². The van der Waals surface area contributed by atoms with Crippen LogP contribution < -0.4 is 52.4 Å². The molecule has 15 N–H and O–H groups in total. The van der Waals surface area contributed by atoms with Crippen molar-refractivity contribution in [2.75, 3.05) is 150 Å². The molecule has 0 saturated carbocycles. The van der Waals surface area contributed by atoms with E-state index in [4.69, 9.17) is 62.6 Å². The summed E-state index contributed by atoms with van der Waals surface area (Å²) >= 11 is 0. The molecule has 0 aliphatic carbocycles. The number of anilines is 5. The van der Waals surface area contributed by atoms with Crippen LogP contribution in [0.4, 0.5) is 28.4 Å². The number of ether oxygens (including phenoxy) is 5. The number of aromatic nitrogens is 5. The Balaban J connectivity index is 0.000000186. The predicted octanol–water partition coefficient (Wildman–Crippen LogP) is 9.35. The van der Waals surface area contributed by atoms with E-state index in [1.807, 2.05) is 129 Å². The Morgan fingerprint density at radius 1 is 0.351 bits per heavy atom. The van der Waals surface area contributed by atoms with E-state index in [2.05, 4.69) is 88.9 Å². The van der Waals surface area contributed by atoms with Crippen molar-refractivity contribution in [2.45, 2.75) is 82.3 Å².